The van der Waals surface area contributed by atoms with Crippen molar-refractivity contribution in [3.05, 3.63) is 60.9 Å². The van der Waals surface area contributed by atoms with Crippen LogP contribution in [0.5, 0.6) is 0 Å². The minimum atomic E-state index is -0.728. The molecule has 0 bridgehead atoms. The topological polar surface area (TPSA) is 67.5 Å². The van der Waals surface area contributed by atoms with Crippen molar-refractivity contribution in [1.29, 1.82) is 0 Å². The predicted octanol–water partition coefficient (Wildman–Crippen LogP) is 4.90. The van der Waals surface area contributed by atoms with Crippen molar-refractivity contribution in [2.75, 3.05) is 5.75 Å². The lowest BCUT2D eigenvalue weighted by Crippen LogP contribution is -1.94. The summed E-state index contributed by atoms with van der Waals surface area (Å²) in [5, 5.41) is 18.2. The molecule has 2 heterocycles. The SMILES string of the molecule is O=C(O)CCCCSc1ccc2c(-c3ccccc3)cc3nncn3c2c1. The van der Waals surface area contributed by atoms with Crippen molar-refractivity contribution < 1.29 is 9.90 Å². The van der Waals surface area contributed by atoms with Gasteiger partial charge in [0.25, 0.3) is 0 Å². The molecule has 0 aliphatic heterocycles. The Balaban J connectivity index is 1.67. The molecule has 0 atom stereocenters. The number of nitrogens with zero attached hydrogens (tertiary/aromatic N) is 3. The molecule has 0 amide bonds. The number of fused-ring (bicyclic) bond motifs is 3. The lowest BCUT2D eigenvalue weighted by molar-refractivity contribution is -0.137. The summed E-state index contributed by atoms with van der Waals surface area (Å²) in [5.41, 5.74) is 4.20. The van der Waals surface area contributed by atoms with Crippen molar-refractivity contribution >= 4 is 34.3 Å². The summed E-state index contributed by atoms with van der Waals surface area (Å²) in [6.07, 6.45) is 3.58. The third kappa shape index (κ3) is 3.80. The first-order valence-corrected chi connectivity index (χ1v) is 9.87. The maximum absolute atomic E-state index is 10.6. The normalized spacial score (nSPS) is 11.3. The Labute approximate surface area is 161 Å². The van der Waals surface area contributed by atoms with Crippen LogP contribution < -0.4 is 0 Å². The minimum absolute atomic E-state index is 0.236. The zero-order valence-corrected chi connectivity index (χ0v) is 15.5. The van der Waals surface area contributed by atoms with Crippen LogP contribution in [0.4, 0.5) is 0 Å². The molecule has 0 aliphatic rings. The highest BCUT2D eigenvalue weighted by Crippen LogP contribution is 2.32. The van der Waals surface area contributed by atoms with Crippen LogP contribution in [-0.2, 0) is 4.79 Å². The van der Waals surface area contributed by atoms with E-state index in [1.807, 2.05) is 22.6 Å². The Morgan fingerprint density at radius 3 is 2.74 bits per heavy atom. The van der Waals surface area contributed by atoms with Crippen LogP contribution in [0.25, 0.3) is 27.7 Å². The van der Waals surface area contributed by atoms with Crippen LogP contribution in [0, 0.1) is 0 Å². The van der Waals surface area contributed by atoms with Crippen LogP contribution >= 0.6 is 11.8 Å². The van der Waals surface area contributed by atoms with Crippen LogP contribution in [-0.4, -0.2) is 31.4 Å². The fourth-order valence-corrected chi connectivity index (χ4v) is 4.13. The summed E-state index contributed by atoms with van der Waals surface area (Å²) in [6.45, 7) is 0. The van der Waals surface area contributed by atoms with Crippen molar-refractivity contribution in [3.8, 4) is 11.1 Å². The Hall–Kier alpha value is -2.86. The first-order valence-electron chi connectivity index (χ1n) is 8.89. The van der Waals surface area contributed by atoms with Crippen molar-refractivity contribution in [3.63, 3.8) is 0 Å². The van der Waals surface area contributed by atoms with Gasteiger partial charge >= 0.3 is 5.97 Å². The Kier molecular flexibility index (Phi) is 5.07. The number of pyridine rings is 1. The number of benzene rings is 2. The monoisotopic (exact) mass is 377 g/mol. The van der Waals surface area contributed by atoms with E-state index in [-0.39, 0.29) is 6.42 Å². The number of hydrogen-bond acceptors (Lipinski definition) is 4. The van der Waals surface area contributed by atoms with Crippen molar-refractivity contribution in [1.82, 2.24) is 14.6 Å². The quantitative estimate of drug-likeness (QED) is 0.367. The van der Waals surface area contributed by atoms with Crippen LogP contribution in [0.3, 0.4) is 0 Å². The number of hydrogen-bond donors (Lipinski definition) is 1. The number of rotatable bonds is 7. The smallest absolute Gasteiger partial charge is 0.303 e. The van der Waals surface area contributed by atoms with Gasteiger partial charge in [0, 0.05) is 16.7 Å². The summed E-state index contributed by atoms with van der Waals surface area (Å²) in [5.74, 6) is 0.178. The minimum Gasteiger partial charge on any atom is -0.481 e. The molecule has 4 aromatic rings. The predicted molar refractivity (Wildman–Crippen MR) is 108 cm³/mol. The maximum atomic E-state index is 10.6. The van der Waals surface area contributed by atoms with E-state index in [1.54, 1.807) is 18.1 Å². The molecule has 0 aliphatic carbocycles. The largest absolute Gasteiger partial charge is 0.481 e. The summed E-state index contributed by atoms with van der Waals surface area (Å²) >= 11 is 1.75. The summed E-state index contributed by atoms with van der Waals surface area (Å²) in [7, 11) is 0. The van der Waals surface area contributed by atoms with Gasteiger partial charge in [-0.1, -0.05) is 36.4 Å². The van der Waals surface area contributed by atoms with Gasteiger partial charge < -0.3 is 5.11 Å². The molecule has 0 spiro atoms. The highest BCUT2D eigenvalue weighted by molar-refractivity contribution is 7.99. The van der Waals surface area contributed by atoms with Gasteiger partial charge in [0.05, 0.1) is 5.52 Å². The second-order valence-corrected chi connectivity index (χ2v) is 7.53. The van der Waals surface area contributed by atoms with Gasteiger partial charge in [-0.05, 0) is 47.9 Å². The van der Waals surface area contributed by atoms with Gasteiger partial charge in [0.1, 0.15) is 6.33 Å². The highest BCUT2D eigenvalue weighted by atomic mass is 32.2. The number of carboxylic acid groups (broad SMARTS) is 1. The number of unbranched alkanes of at least 4 members (excludes halogenated alkanes) is 1. The van der Waals surface area contributed by atoms with Gasteiger partial charge in [-0.3, -0.25) is 9.20 Å². The van der Waals surface area contributed by atoms with Crippen molar-refractivity contribution in [2.24, 2.45) is 0 Å². The Morgan fingerprint density at radius 2 is 1.93 bits per heavy atom. The molecular formula is C21H19N3O2S. The second-order valence-electron chi connectivity index (χ2n) is 6.36. The van der Waals surface area contributed by atoms with Gasteiger partial charge in [0.15, 0.2) is 5.65 Å². The van der Waals surface area contributed by atoms with E-state index in [9.17, 15) is 4.79 Å². The molecule has 27 heavy (non-hydrogen) atoms. The van der Waals surface area contributed by atoms with Crippen molar-refractivity contribution in [2.45, 2.75) is 24.2 Å². The van der Waals surface area contributed by atoms with E-state index in [2.05, 4.69) is 46.6 Å². The molecule has 6 heteroatoms. The zero-order valence-electron chi connectivity index (χ0n) is 14.7. The van der Waals surface area contributed by atoms with E-state index in [1.165, 1.54) is 0 Å². The molecule has 0 fully saturated rings. The molecule has 4 rings (SSSR count). The number of thioether (sulfide) groups is 1. The highest BCUT2D eigenvalue weighted by Gasteiger charge is 2.10. The van der Waals surface area contributed by atoms with E-state index in [4.69, 9.17) is 5.11 Å². The second kappa shape index (κ2) is 7.80. The van der Waals surface area contributed by atoms with Gasteiger partial charge in [-0.2, -0.15) is 0 Å². The molecule has 5 nitrogen and oxygen atoms in total. The summed E-state index contributed by atoms with van der Waals surface area (Å²) < 4.78 is 2.01. The lowest BCUT2D eigenvalue weighted by Gasteiger charge is -2.11. The van der Waals surface area contributed by atoms with Crippen LogP contribution in [0.1, 0.15) is 19.3 Å². The van der Waals surface area contributed by atoms with Gasteiger partial charge in [-0.15, -0.1) is 22.0 Å². The molecule has 1 N–H and O–H groups in total. The molecule has 136 valence electrons. The molecule has 0 saturated carbocycles. The standard InChI is InChI=1S/C21H19N3O2S/c25-21(26)8-4-5-11-27-16-9-10-17-18(15-6-2-1-3-7-15)13-20-23-22-14-24(20)19(17)12-16/h1-3,6-7,9-10,12-14H,4-5,8,11H2,(H,25,26). The third-order valence-corrected chi connectivity index (χ3v) is 5.59. The molecular weight excluding hydrogens is 358 g/mol. The first-order chi connectivity index (χ1) is 13.2. The van der Waals surface area contributed by atoms with Crippen LogP contribution in [0.2, 0.25) is 0 Å². The number of aromatic nitrogens is 3. The summed E-state index contributed by atoms with van der Waals surface area (Å²) in [6, 6.07) is 18.8. The molecule has 0 unspecified atom stereocenters. The van der Waals surface area contributed by atoms with E-state index >= 15 is 0 Å². The molecule has 0 saturated heterocycles. The number of carboxylic acids is 1. The fraction of sp³-hybridized carbons (Fsp3) is 0.190. The van der Waals surface area contributed by atoms with E-state index in [0.717, 1.165) is 44.7 Å². The number of aliphatic carboxylic acids is 1. The Bertz CT molecular complexity index is 1090. The van der Waals surface area contributed by atoms with E-state index < -0.39 is 5.97 Å². The molecule has 0 radical (unpaired) electrons. The average molecular weight is 377 g/mol. The molecule has 2 aromatic heterocycles. The van der Waals surface area contributed by atoms with Crippen LogP contribution in [0.15, 0.2) is 65.8 Å². The maximum Gasteiger partial charge on any atom is 0.303 e. The zero-order chi connectivity index (χ0) is 18.6. The summed E-state index contributed by atoms with van der Waals surface area (Å²) in [4.78, 5) is 11.8. The third-order valence-electron chi connectivity index (χ3n) is 4.50. The number of carbonyl (C=O) groups is 1. The lowest BCUT2D eigenvalue weighted by atomic mass is 10.0. The first kappa shape index (κ1) is 17.5. The van der Waals surface area contributed by atoms with Gasteiger partial charge in [-0.25, -0.2) is 0 Å². The fourth-order valence-electron chi connectivity index (χ4n) is 3.19. The molecule has 2 aromatic carbocycles. The Morgan fingerprint density at radius 1 is 1.07 bits per heavy atom. The average Bonchev–Trinajstić information content (AvgIpc) is 3.16. The van der Waals surface area contributed by atoms with Gasteiger partial charge in [0.2, 0.25) is 0 Å². The van der Waals surface area contributed by atoms with E-state index in [0.29, 0.717) is 6.42 Å².